The number of hydrogen-bond donors (Lipinski definition) is 2. The molecule has 1 heterocycles. The van der Waals surface area contributed by atoms with Gasteiger partial charge in [-0.05, 0) is 108 Å². The van der Waals surface area contributed by atoms with Crippen LogP contribution in [0.1, 0.15) is 36.5 Å². The molecule has 4 aromatic rings. The minimum Gasteiger partial charge on any atom is -0.508 e. The van der Waals surface area contributed by atoms with Crippen molar-refractivity contribution in [2.45, 2.75) is 19.8 Å². The van der Waals surface area contributed by atoms with Crippen molar-refractivity contribution in [3.63, 3.8) is 0 Å². The molecule has 0 aromatic heterocycles. The Hall–Kier alpha value is -3.76. The lowest BCUT2D eigenvalue weighted by molar-refractivity contribution is 0.238. The van der Waals surface area contributed by atoms with Gasteiger partial charge in [0, 0.05) is 6.54 Å². The van der Waals surface area contributed by atoms with E-state index in [-0.39, 0.29) is 11.5 Å². The van der Waals surface area contributed by atoms with Crippen molar-refractivity contribution in [1.82, 2.24) is 4.90 Å². The SMILES string of the molecule is CC(=C(c1ccc(O)cc1)c1cccc2cc(O)ccc12)c1ccc(OCCN2CCCC2)cc1. The van der Waals surface area contributed by atoms with Gasteiger partial charge in [0.05, 0.1) is 0 Å². The Morgan fingerprint density at radius 2 is 1.49 bits per heavy atom. The fourth-order valence-electron chi connectivity index (χ4n) is 4.94. The number of phenolic OH excluding ortho intramolecular Hbond substituents is 2. The van der Waals surface area contributed by atoms with Crippen molar-refractivity contribution in [1.29, 1.82) is 0 Å². The van der Waals surface area contributed by atoms with Crippen LogP contribution in [0.3, 0.4) is 0 Å². The number of allylic oxidation sites excluding steroid dienone is 1. The van der Waals surface area contributed by atoms with Crippen LogP contribution in [0.2, 0.25) is 0 Å². The minimum atomic E-state index is 0.240. The van der Waals surface area contributed by atoms with E-state index < -0.39 is 0 Å². The van der Waals surface area contributed by atoms with Crippen LogP contribution in [-0.4, -0.2) is 41.4 Å². The van der Waals surface area contributed by atoms with Crippen LogP contribution in [0.5, 0.6) is 17.2 Å². The molecule has 2 N–H and O–H groups in total. The van der Waals surface area contributed by atoms with Crippen molar-refractivity contribution >= 4 is 21.9 Å². The van der Waals surface area contributed by atoms with E-state index in [4.69, 9.17) is 4.74 Å². The van der Waals surface area contributed by atoms with Crippen molar-refractivity contribution in [2.24, 2.45) is 0 Å². The average molecular weight is 466 g/mol. The Bertz CT molecular complexity index is 1330. The number of rotatable bonds is 7. The van der Waals surface area contributed by atoms with Gasteiger partial charge in [-0.15, -0.1) is 0 Å². The highest BCUT2D eigenvalue weighted by Crippen LogP contribution is 2.37. The van der Waals surface area contributed by atoms with Gasteiger partial charge in [-0.3, -0.25) is 4.90 Å². The second-order valence-corrected chi connectivity index (χ2v) is 9.18. The lowest BCUT2D eigenvalue weighted by Crippen LogP contribution is -2.25. The molecule has 178 valence electrons. The molecule has 0 radical (unpaired) electrons. The second kappa shape index (κ2) is 10.2. The van der Waals surface area contributed by atoms with Gasteiger partial charge in [0.2, 0.25) is 0 Å². The number of ether oxygens (including phenoxy) is 1. The summed E-state index contributed by atoms with van der Waals surface area (Å²) < 4.78 is 6.01. The fraction of sp³-hybridized carbons (Fsp3) is 0.226. The molecule has 1 aliphatic rings. The number of fused-ring (bicyclic) bond motifs is 1. The lowest BCUT2D eigenvalue weighted by atomic mass is 9.87. The van der Waals surface area contributed by atoms with Gasteiger partial charge in [-0.25, -0.2) is 0 Å². The van der Waals surface area contributed by atoms with Crippen LogP contribution in [-0.2, 0) is 0 Å². The molecule has 0 amide bonds. The summed E-state index contributed by atoms with van der Waals surface area (Å²) in [5.41, 5.74) is 5.42. The molecule has 4 aromatic carbocycles. The number of nitrogens with zero attached hydrogens (tertiary/aromatic N) is 1. The molecule has 0 saturated carbocycles. The third-order valence-corrected chi connectivity index (χ3v) is 6.83. The topological polar surface area (TPSA) is 52.9 Å². The fourth-order valence-corrected chi connectivity index (χ4v) is 4.94. The van der Waals surface area contributed by atoms with Crippen LogP contribution in [0.4, 0.5) is 0 Å². The van der Waals surface area contributed by atoms with Crippen molar-refractivity contribution in [3.8, 4) is 17.2 Å². The number of aromatic hydroxyl groups is 2. The monoisotopic (exact) mass is 465 g/mol. The predicted octanol–water partition coefficient (Wildman–Crippen LogP) is 6.70. The molecule has 1 aliphatic heterocycles. The summed E-state index contributed by atoms with van der Waals surface area (Å²) in [7, 11) is 0. The van der Waals surface area contributed by atoms with Crippen LogP contribution in [0.25, 0.3) is 21.9 Å². The summed E-state index contributed by atoms with van der Waals surface area (Å²) >= 11 is 0. The smallest absolute Gasteiger partial charge is 0.119 e. The maximum Gasteiger partial charge on any atom is 0.119 e. The molecule has 0 spiro atoms. The average Bonchev–Trinajstić information content (AvgIpc) is 3.39. The van der Waals surface area contributed by atoms with Crippen LogP contribution < -0.4 is 4.74 Å². The van der Waals surface area contributed by atoms with Crippen LogP contribution in [0, 0.1) is 0 Å². The Kier molecular flexibility index (Phi) is 6.73. The van der Waals surface area contributed by atoms with Gasteiger partial charge in [0.1, 0.15) is 23.9 Å². The molecule has 1 saturated heterocycles. The molecule has 4 heteroatoms. The molecule has 5 rings (SSSR count). The van der Waals surface area contributed by atoms with Crippen molar-refractivity contribution in [3.05, 3.63) is 102 Å². The molecule has 35 heavy (non-hydrogen) atoms. The minimum absolute atomic E-state index is 0.240. The van der Waals surface area contributed by atoms with E-state index in [2.05, 4.69) is 30.0 Å². The Labute approximate surface area is 206 Å². The number of likely N-dealkylation sites (tertiary alicyclic amines) is 1. The van der Waals surface area contributed by atoms with Gasteiger partial charge in [0.15, 0.2) is 0 Å². The molecule has 1 fully saturated rings. The lowest BCUT2D eigenvalue weighted by Gasteiger charge is -2.17. The normalized spacial score (nSPS) is 14.8. The Morgan fingerprint density at radius 3 is 2.23 bits per heavy atom. The Morgan fingerprint density at radius 1 is 0.800 bits per heavy atom. The highest BCUT2D eigenvalue weighted by atomic mass is 16.5. The number of phenols is 2. The zero-order valence-corrected chi connectivity index (χ0v) is 20.1. The summed E-state index contributed by atoms with van der Waals surface area (Å²) in [6.07, 6.45) is 2.59. The van der Waals surface area contributed by atoms with Crippen molar-refractivity contribution < 1.29 is 14.9 Å². The van der Waals surface area contributed by atoms with Crippen molar-refractivity contribution in [2.75, 3.05) is 26.2 Å². The van der Waals surface area contributed by atoms with E-state index in [9.17, 15) is 10.2 Å². The van der Waals surface area contributed by atoms with Gasteiger partial charge in [-0.1, -0.05) is 48.5 Å². The molecular formula is C31H31NO3. The van der Waals surface area contributed by atoms with E-state index in [1.54, 1.807) is 24.3 Å². The largest absolute Gasteiger partial charge is 0.508 e. The highest BCUT2D eigenvalue weighted by molar-refractivity contribution is 6.06. The molecule has 4 nitrogen and oxygen atoms in total. The molecule has 0 atom stereocenters. The third kappa shape index (κ3) is 5.18. The van der Waals surface area contributed by atoms with E-state index in [0.29, 0.717) is 6.61 Å². The van der Waals surface area contributed by atoms with Crippen LogP contribution >= 0.6 is 0 Å². The third-order valence-electron chi connectivity index (χ3n) is 6.83. The zero-order chi connectivity index (χ0) is 24.2. The van der Waals surface area contributed by atoms with Gasteiger partial charge in [0.25, 0.3) is 0 Å². The zero-order valence-electron chi connectivity index (χ0n) is 20.1. The summed E-state index contributed by atoms with van der Waals surface area (Å²) in [5.74, 6) is 1.37. The van der Waals surface area contributed by atoms with E-state index in [0.717, 1.165) is 50.9 Å². The first-order valence-corrected chi connectivity index (χ1v) is 12.3. The highest BCUT2D eigenvalue weighted by Gasteiger charge is 2.15. The maximum absolute atomic E-state index is 9.99. The quantitative estimate of drug-likeness (QED) is 0.298. The molecule has 0 unspecified atom stereocenters. The first-order chi connectivity index (χ1) is 17.1. The second-order valence-electron chi connectivity index (χ2n) is 9.18. The predicted molar refractivity (Wildman–Crippen MR) is 143 cm³/mol. The maximum atomic E-state index is 9.99. The summed E-state index contributed by atoms with van der Waals surface area (Å²) in [6.45, 7) is 6.17. The van der Waals surface area contributed by atoms with Crippen LogP contribution in [0.15, 0.2) is 84.9 Å². The summed E-state index contributed by atoms with van der Waals surface area (Å²) in [6, 6.07) is 27.2. The standard InChI is InChI=1S/C31H31NO3/c1-22(23-9-14-28(15-10-23)35-20-19-32-17-2-3-18-32)31(24-7-11-26(33)12-8-24)30-6-4-5-25-21-27(34)13-16-29(25)30/h4-16,21,33-34H,2-3,17-20H2,1H3. The van der Waals surface area contributed by atoms with Gasteiger partial charge < -0.3 is 14.9 Å². The first kappa shape index (κ1) is 23.0. The van der Waals surface area contributed by atoms with E-state index in [1.165, 1.54) is 25.9 Å². The van der Waals surface area contributed by atoms with Gasteiger partial charge in [-0.2, -0.15) is 0 Å². The number of hydrogen-bond acceptors (Lipinski definition) is 4. The van der Waals surface area contributed by atoms with E-state index in [1.807, 2.05) is 42.5 Å². The molecule has 0 aliphatic carbocycles. The van der Waals surface area contributed by atoms with E-state index >= 15 is 0 Å². The molecular weight excluding hydrogens is 434 g/mol. The Balaban J connectivity index is 1.50. The summed E-state index contributed by atoms with van der Waals surface area (Å²) in [5, 5.41) is 21.9. The summed E-state index contributed by atoms with van der Waals surface area (Å²) in [4.78, 5) is 2.45. The van der Waals surface area contributed by atoms with Gasteiger partial charge >= 0.3 is 0 Å². The number of benzene rings is 4. The first-order valence-electron chi connectivity index (χ1n) is 12.3. The molecule has 0 bridgehead atoms.